The van der Waals surface area contributed by atoms with Crippen molar-refractivity contribution in [2.24, 2.45) is 0 Å². The Bertz CT molecular complexity index is 731. The molecule has 4 heteroatoms. The largest absolute Gasteiger partial charge is 0.399 e. The van der Waals surface area contributed by atoms with Gasteiger partial charge in [0.05, 0.1) is 21.7 Å². The summed E-state index contributed by atoms with van der Waals surface area (Å²) in [7, 11) is 0. The second-order valence-electron chi connectivity index (χ2n) is 4.32. The maximum atomic E-state index is 6.25. The van der Waals surface area contributed by atoms with E-state index >= 15 is 0 Å². The van der Waals surface area contributed by atoms with Crippen LogP contribution < -0.4 is 5.73 Å². The molecule has 2 N–H and O–H groups in total. The highest BCUT2D eigenvalue weighted by molar-refractivity contribution is 6.32. The minimum atomic E-state index is 0.705. The highest BCUT2D eigenvalue weighted by Crippen LogP contribution is 2.26. The zero-order chi connectivity index (χ0) is 12.7. The number of hydrogen-bond acceptors (Lipinski definition) is 2. The van der Waals surface area contributed by atoms with Crippen molar-refractivity contribution in [3.8, 4) is 5.69 Å². The summed E-state index contributed by atoms with van der Waals surface area (Å²) in [6.07, 6.45) is 1.77. The van der Waals surface area contributed by atoms with Crippen LogP contribution in [0.15, 0.2) is 42.7 Å². The van der Waals surface area contributed by atoms with E-state index < -0.39 is 0 Å². The summed E-state index contributed by atoms with van der Waals surface area (Å²) in [5.41, 5.74) is 10.4. The number of aryl methyl sites for hydroxylation is 1. The van der Waals surface area contributed by atoms with Crippen molar-refractivity contribution >= 4 is 28.3 Å². The van der Waals surface area contributed by atoms with Gasteiger partial charge < -0.3 is 5.73 Å². The number of nitrogens with two attached hydrogens (primary N) is 1. The van der Waals surface area contributed by atoms with Gasteiger partial charge in [-0.1, -0.05) is 17.7 Å². The van der Waals surface area contributed by atoms with Crippen molar-refractivity contribution in [2.45, 2.75) is 6.92 Å². The van der Waals surface area contributed by atoms with Crippen molar-refractivity contribution in [1.82, 2.24) is 9.55 Å². The monoisotopic (exact) mass is 257 g/mol. The Hall–Kier alpha value is -2.00. The summed E-state index contributed by atoms with van der Waals surface area (Å²) >= 11 is 6.25. The molecule has 0 saturated carbocycles. The van der Waals surface area contributed by atoms with Crippen LogP contribution in [0.3, 0.4) is 0 Å². The van der Waals surface area contributed by atoms with Crippen LogP contribution in [0.5, 0.6) is 0 Å². The van der Waals surface area contributed by atoms with Gasteiger partial charge >= 0.3 is 0 Å². The van der Waals surface area contributed by atoms with Crippen LogP contribution in [0.2, 0.25) is 5.02 Å². The molecule has 2 aromatic carbocycles. The standard InChI is InChI=1S/C14H12ClN3/c1-9-2-4-11(15)14(6-9)18-8-17-12-7-10(16)3-5-13(12)18/h2-8H,16H2,1H3. The summed E-state index contributed by atoms with van der Waals surface area (Å²) in [6.45, 7) is 2.04. The molecule has 18 heavy (non-hydrogen) atoms. The number of rotatable bonds is 1. The van der Waals surface area contributed by atoms with E-state index in [1.807, 2.05) is 47.9 Å². The summed E-state index contributed by atoms with van der Waals surface area (Å²) in [5.74, 6) is 0. The number of nitrogen functional groups attached to an aromatic ring is 1. The summed E-state index contributed by atoms with van der Waals surface area (Å²) in [5, 5.41) is 0.705. The van der Waals surface area contributed by atoms with E-state index in [0.717, 1.165) is 22.3 Å². The lowest BCUT2D eigenvalue weighted by molar-refractivity contribution is 1.09. The first kappa shape index (κ1) is 11.1. The van der Waals surface area contributed by atoms with E-state index in [1.165, 1.54) is 0 Å². The molecule has 0 radical (unpaired) electrons. The molecule has 0 saturated heterocycles. The molecule has 0 spiro atoms. The summed E-state index contributed by atoms with van der Waals surface area (Å²) in [6, 6.07) is 11.6. The van der Waals surface area contributed by atoms with Crippen molar-refractivity contribution in [2.75, 3.05) is 5.73 Å². The van der Waals surface area contributed by atoms with Gasteiger partial charge in [-0.15, -0.1) is 0 Å². The molecule has 1 aromatic heterocycles. The molecule has 0 aliphatic heterocycles. The van der Waals surface area contributed by atoms with Crippen LogP contribution in [0.4, 0.5) is 5.69 Å². The van der Waals surface area contributed by atoms with E-state index in [0.29, 0.717) is 10.7 Å². The molecule has 3 aromatic rings. The number of benzene rings is 2. The second kappa shape index (κ2) is 4.03. The van der Waals surface area contributed by atoms with E-state index in [-0.39, 0.29) is 0 Å². The van der Waals surface area contributed by atoms with E-state index in [2.05, 4.69) is 4.98 Å². The van der Waals surface area contributed by atoms with Gasteiger partial charge in [-0.2, -0.15) is 0 Å². The smallest absolute Gasteiger partial charge is 0.100 e. The zero-order valence-electron chi connectivity index (χ0n) is 9.89. The SMILES string of the molecule is Cc1ccc(Cl)c(-n2cnc3cc(N)ccc32)c1. The second-order valence-corrected chi connectivity index (χ2v) is 4.72. The third-order valence-corrected chi connectivity index (χ3v) is 3.25. The highest BCUT2D eigenvalue weighted by Gasteiger charge is 2.08. The Kier molecular flexibility index (Phi) is 2.49. The highest BCUT2D eigenvalue weighted by atomic mass is 35.5. The number of halogens is 1. The van der Waals surface area contributed by atoms with Crippen molar-refractivity contribution in [3.63, 3.8) is 0 Å². The average molecular weight is 258 g/mol. The van der Waals surface area contributed by atoms with Gasteiger partial charge in [0.25, 0.3) is 0 Å². The van der Waals surface area contributed by atoms with E-state index in [9.17, 15) is 0 Å². The fraction of sp³-hybridized carbons (Fsp3) is 0.0714. The molecule has 0 amide bonds. The Morgan fingerprint density at radius 2 is 2.00 bits per heavy atom. The van der Waals surface area contributed by atoms with Gasteiger partial charge in [0.1, 0.15) is 6.33 Å². The molecule has 90 valence electrons. The number of fused-ring (bicyclic) bond motifs is 1. The van der Waals surface area contributed by atoms with Crippen molar-refractivity contribution in [1.29, 1.82) is 0 Å². The first-order valence-corrected chi connectivity index (χ1v) is 6.02. The predicted octanol–water partition coefficient (Wildman–Crippen LogP) is 3.57. The molecular weight excluding hydrogens is 246 g/mol. The van der Waals surface area contributed by atoms with Crippen LogP contribution in [0, 0.1) is 6.92 Å². The Morgan fingerprint density at radius 3 is 2.83 bits per heavy atom. The maximum absolute atomic E-state index is 6.25. The molecule has 3 nitrogen and oxygen atoms in total. The van der Waals surface area contributed by atoms with Gasteiger partial charge in [0.15, 0.2) is 0 Å². The van der Waals surface area contributed by atoms with Gasteiger partial charge in [-0.25, -0.2) is 4.98 Å². The normalized spacial score (nSPS) is 11.0. The summed E-state index contributed by atoms with van der Waals surface area (Å²) in [4.78, 5) is 4.35. The van der Waals surface area contributed by atoms with Crippen molar-refractivity contribution in [3.05, 3.63) is 53.3 Å². The maximum Gasteiger partial charge on any atom is 0.100 e. The minimum Gasteiger partial charge on any atom is -0.399 e. The quantitative estimate of drug-likeness (QED) is 0.678. The lowest BCUT2D eigenvalue weighted by Gasteiger charge is -2.08. The van der Waals surface area contributed by atoms with Gasteiger partial charge in [0.2, 0.25) is 0 Å². The van der Waals surface area contributed by atoms with E-state index in [4.69, 9.17) is 17.3 Å². The third-order valence-electron chi connectivity index (χ3n) is 2.93. The molecule has 0 bridgehead atoms. The predicted molar refractivity (Wildman–Crippen MR) is 75.2 cm³/mol. The number of imidazole rings is 1. The molecule has 1 heterocycles. The molecule has 0 fully saturated rings. The lowest BCUT2D eigenvalue weighted by atomic mass is 10.2. The number of hydrogen-bond donors (Lipinski definition) is 1. The van der Waals surface area contributed by atoms with Gasteiger partial charge in [-0.3, -0.25) is 4.57 Å². The van der Waals surface area contributed by atoms with Crippen LogP contribution in [0.1, 0.15) is 5.56 Å². The molecule has 0 atom stereocenters. The first-order chi connectivity index (χ1) is 8.65. The molecule has 0 unspecified atom stereocenters. The zero-order valence-corrected chi connectivity index (χ0v) is 10.6. The van der Waals surface area contributed by atoms with Crippen LogP contribution in [-0.4, -0.2) is 9.55 Å². The average Bonchev–Trinajstić information content (AvgIpc) is 2.75. The topological polar surface area (TPSA) is 43.8 Å². The van der Waals surface area contributed by atoms with Gasteiger partial charge in [-0.05, 0) is 42.8 Å². The Balaban J connectivity index is 2.28. The fourth-order valence-corrected chi connectivity index (χ4v) is 2.24. The Labute approximate surface area is 110 Å². The van der Waals surface area contributed by atoms with Crippen LogP contribution in [0.25, 0.3) is 16.7 Å². The van der Waals surface area contributed by atoms with Crippen LogP contribution >= 0.6 is 11.6 Å². The van der Waals surface area contributed by atoms with Gasteiger partial charge in [0, 0.05) is 5.69 Å². The van der Waals surface area contributed by atoms with Crippen LogP contribution in [-0.2, 0) is 0 Å². The molecule has 3 rings (SSSR count). The fourth-order valence-electron chi connectivity index (χ4n) is 2.03. The number of anilines is 1. The summed E-state index contributed by atoms with van der Waals surface area (Å²) < 4.78 is 1.98. The molecular formula is C14H12ClN3. The minimum absolute atomic E-state index is 0.705. The third kappa shape index (κ3) is 1.73. The van der Waals surface area contributed by atoms with Crippen molar-refractivity contribution < 1.29 is 0 Å². The number of aromatic nitrogens is 2. The lowest BCUT2D eigenvalue weighted by Crippen LogP contribution is -1.94. The molecule has 0 aliphatic carbocycles. The Morgan fingerprint density at radius 1 is 1.17 bits per heavy atom. The van der Waals surface area contributed by atoms with E-state index in [1.54, 1.807) is 6.33 Å². The number of nitrogens with zero attached hydrogens (tertiary/aromatic N) is 2. The molecule has 0 aliphatic rings. The first-order valence-electron chi connectivity index (χ1n) is 5.64.